The number of nitrogens with one attached hydrogen (secondary N) is 1. The fraction of sp³-hybridized carbons (Fsp3) is 0.389. The Labute approximate surface area is 159 Å². The fourth-order valence-corrected chi connectivity index (χ4v) is 4.37. The third-order valence-corrected chi connectivity index (χ3v) is 6.26. The SMILES string of the molecule is CCNc1cc(C)nc(N2CCN(S(=O)(=O)c3ccc(C#N)cc3)CC2)n1. The van der Waals surface area contributed by atoms with Crippen molar-refractivity contribution >= 4 is 21.8 Å². The predicted molar refractivity (Wildman–Crippen MR) is 103 cm³/mol. The van der Waals surface area contributed by atoms with Crippen LogP contribution in [0.1, 0.15) is 18.2 Å². The minimum Gasteiger partial charge on any atom is -0.370 e. The van der Waals surface area contributed by atoms with Gasteiger partial charge in [0.25, 0.3) is 0 Å². The zero-order valence-corrected chi connectivity index (χ0v) is 16.2. The van der Waals surface area contributed by atoms with E-state index >= 15 is 0 Å². The average molecular weight is 386 g/mol. The number of benzene rings is 1. The fourth-order valence-electron chi connectivity index (χ4n) is 2.94. The van der Waals surface area contributed by atoms with Crippen LogP contribution in [0.15, 0.2) is 35.2 Å². The van der Waals surface area contributed by atoms with Gasteiger partial charge in [-0.2, -0.15) is 14.6 Å². The number of aromatic nitrogens is 2. The molecule has 1 aliphatic rings. The zero-order chi connectivity index (χ0) is 19.4. The van der Waals surface area contributed by atoms with E-state index in [1.807, 2.05) is 30.9 Å². The summed E-state index contributed by atoms with van der Waals surface area (Å²) in [4.78, 5) is 11.2. The highest BCUT2D eigenvalue weighted by Gasteiger charge is 2.29. The summed E-state index contributed by atoms with van der Waals surface area (Å²) in [5.74, 6) is 1.38. The molecular formula is C18H22N6O2S. The molecule has 0 bridgehead atoms. The molecule has 1 aliphatic heterocycles. The van der Waals surface area contributed by atoms with Crippen molar-refractivity contribution in [2.75, 3.05) is 42.9 Å². The Hall–Kier alpha value is -2.70. The Kier molecular flexibility index (Phi) is 5.58. The number of hydrogen-bond acceptors (Lipinski definition) is 7. The summed E-state index contributed by atoms with van der Waals surface area (Å²) in [5.41, 5.74) is 1.30. The Morgan fingerprint density at radius 2 is 1.81 bits per heavy atom. The van der Waals surface area contributed by atoms with Crippen LogP contribution in [0.2, 0.25) is 0 Å². The van der Waals surface area contributed by atoms with E-state index in [4.69, 9.17) is 5.26 Å². The first-order chi connectivity index (χ1) is 12.9. The quantitative estimate of drug-likeness (QED) is 0.832. The standard InChI is InChI=1S/C18H22N6O2S/c1-3-20-17-12-14(2)21-18(22-17)23-8-10-24(11-9-23)27(25,26)16-6-4-15(13-19)5-7-16/h4-7,12H,3,8-11H2,1-2H3,(H,20,21,22). The van der Waals surface area contributed by atoms with E-state index in [-0.39, 0.29) is 4.90 Å². The van der Waals surface area contributed by atoms with Gasteiger partial charge in [0.1, 0.15) is 5.82 Å². The Morgan fingerprint density at radius 1 is 1.15 bits per heavy atom. The first-order valence-corrected chi connectivity index (χ1v) is 10.2. The van der Waals surface area contributed by atoms with E-state index in [0.717, 1.165) is 18.1 Å². The summed E-state index contributed by atoms with van der Waals surface area (Å²) in [5, 5.41) is 12.0. The normalized spacial score (nSPS) is 15.4. The molecule has 0 aliphatic carbocycles. The highest BCUT2D eigenvalue weighted by atomic mass is 32.2. The zero-order valence-electron chi connectivity index (χ0n) is 15.4. The summed E-state index contributed by atoms with van der Waals surface area (Å²) in [6.45, 7) is 6.44. The average Bonchev–Trinajstić information content (AvgIpc) is 2.68. The van der Waals surface area contributed by atoms with Gasteiger partial charge in [-0.15, -0.1) is 0 Å². The molecule has 27 heavy (non-hydrogen) atoms. The van der Waals surface area contributed by atoms with Gasteiger partial charge in [-0.25, -0.2) is 13.4 Å². The van der Waals surface area contributed by atoms with Crippen LogP contribution in [0.3, 0.4) is 0 Å². The van der Waals surface area contributed by atoms with E-state index < -0.39 is 10.0 Å². The number of aryl methyl sites for hydroxylation is 1. The third-order valence-electron chi connectivity index (χ3n) is 4.34. The monoisotopic (exact) mass is 386 g/mol. The van der Waals surface area contributed by atoms with Crippen LogP contribution < -0.4 is 10.2 Å². The van der Waals surface area contributed by atoms with Gasteiger partial charge in [0.05, 0.1) is 16.5 Å². The maximum Gasteiger partial charge on any atom is 0.243 e. The van der Waals surface area contributed by atoms with E-state index in [9.17, 15) is 8.42 Å². The molecule has 1 aromatic carbocycles. The topological polar surface area (TPSA) is 102 Å². The molecule has 8 nitrogen and oxygen atoms in total. The van der Waals surface area contributed by atoms with Gasteiger partial charge < -0.3 is 10.2 Å². The second kappa shape index (κ2) is 7.90. The summed E-state index contributed by atoms with van der Waals surface area (Å²) >= 11 is 0. The van der Waals surface area contributed by atoms with Gasteiger partial charge in [0.15, 0.2) is 0 Å². The second-order valence-electron chi connectivity index (χ2n) is 6.25. The number of rotatable bonds is 5. The van der Waals surface area contributed by atoms with Crippen molar-refractivity contribution in [1.29, 1.82) is 5.26 Å². The molecule has 0 saturated carbocycles. The Morgan fingerprint density at radius 3 is 2.41 bits per heavy atom. The van der Waals surface area contributed by atoms with Crippen molar-refractivity contribution in [3.63, 3.8) is 0 Å². The van der Waals surface area contributed by atoms with Crippen LogP contribution in [-0.2, 0) is 10.0 Å². The van der Waals surface area contributed by atoms with E-state index in [2.05, 4.69) is 15.3 Å². The molecule has 1 fully saturated rings. The number of piperazine rings is 1. The number of nitriles is 1. The molecule has 2 aromatic rings. The lowest BCUT2D eigenvalue weighted by atomic mass is 10.2. The van der Waals surface area contributed by atoms with Gasteiger partial charge >= 0.3 is 0 Å². The second-order valence-corrected chi connectivity index (χ2v) is 8.19. The minimum atomic E-state index is -3.57. The number of hydrogen-bond donors (Lipinski definition) is 1. The lowest BCUT2D eigenvalue weighted by Gasteiger charge is -2.34. The van der Waals surface area contributed by atoms with Crippen LogP contribution in [0.25, 0.3) is 0 Å². The molecule has 142 valence electrons. The third kappa shape index (κ3) is 4.18. The van der Waals surface area contributed by atoms with E-state index in [0.29, 0.717) is 37.7 Å². The van der Waals surface area contributed by atoms with Gasteiger partial charge in [-0.1, -0.05) is 0 Å². The summed E-state index contributed by atoms with van der Waals surface area (Å²) in [6, 6.07) is 9.88. The molecule has 3 rings (SSSR count). The largest absolute Gasteiger partial charge is 0.370 e. The van der Waals surface area contributed by atoms with Crippen LogP contribution in [-0.4, -0.2) is 55.4 Å². The summed E-state index contributed by atoms with van der Waals surface area (Å²) in [6.07, 6.45) is 0. The molecule has 1 saturated heterocycles. The first-order valence-electron chi connectivity index (χ1n) is 8.79. The highest BCUT2D eigenvalue weighted by molar-refractivity contribution is 7.89. The molecule has 0 amide bonds. The molecule has 0 atom stereocenters. The van der Waals surface area contributed by atoms with Crippen molar-refractivity contribution in [3.8, 4) is 6.07 Å². The number of nitrogens with zero attached hydrogens (tertiary/aromatic N) is 5. The molecule has 2 heterocycles. The molecule has 1 N–H and O–H groups in total. The van der Waals surface area contributed by atoms with E-state index in [1.165, 1.54) is 28.6 Å². The van der Waals surface area contributed by atoms with Crippen molar-refractivity contribution in [3.05, 3.63) is 41.6 Å². The highest BCUT2D eigenvalue weighted by Crippen LogP contribution is 2.21. The maximum atomic E-state index is 12.8. The van der Waals surface area contributed by atoms with Crippen LogP contribution in [0, 0.1) is 18.3 Å². The van der Waals surface area contributed by atoms with Crippen LogP contribution in [0.5, 0.6) is 0 Å². The summed E-state index contributed by atoms with van der Waals surface area (Å²) < 4.78 is 27.1. The van der Waals surface area contributed by atoms with Crippen molar-refractivity contribution < 1.29 is 8.42 Å². The molecule has 0 radical (unpaired) electrons. The molecule has 9 heteroatoms. The number of sulfonamides is 1. The molecule has 0 unspecified atom stereocenters. The lowest BCUT2D eigenvalue weighted by molar-refractivity contribution is 0.382. The first kappa shape index (κ1) is 19.1. The van der Waals surface area contributed by atoms with Gasteiger partial charge in [0.2, 0.25) is 16.0 Å². The van der Waals surface area contributed by atoms with Crippen LogP contribution in [0.4, 0.5) is 11.8 Å². The maximum absolute atomic E-state index is 12.8. The Balaban J connectivity index is 1.72. The smallest absolute Gasteiger partial charge is 0.243 e. The Bertz CT molecular complexity index is 945. The van der Waals surface area contributed by atoms with E-state index in [1.54, 1.807) is 0 Å². The van der Waals surface area contributed by atoms with Gasteiger partial charge in [-0.3, -0.25) is 0 Å². The molecule has 1 aromatic heterocycles. The van der Waals surface area contributed by atoms with Gasteiger partial charge in [0, 0.05) is 44.5 Å². The molecular weight excluding hydrogens is 364 g/mol. The lowest BCUT2D eigenvalue weighted by Crippen LogP contribution is -2.49. The van der Waals surface area contributed by atoms with Gasteiger partial charge in [-0.05, 0) is 38.1 Å². The number of anilines is 2. The van der Waals surface area contributed by atoms with Crippen LogP contribution >= 0.6 is 0 Å². The molecule has 0 spiro atoms. The van der Waals surface area contributed by atoms with Crippen molar-refractivity contribution in [1.82, 2.24) is 14.3 Å². The predicted octanol–water partition coefficient (Wildman–Crippen LogP) is 1.60. The minimum absolute atomic E-state index is 0.205. The van der Waals surface area contributed by atoms with Crippen molar-refractivity contribution in [2.24, 2.45) is 0 Å². The summed E-state index contributed by atoms with van der Waals surface area (Å²) in [7, 11) is -3.57. The van der Waals surface area contributed by atoms with Crippen molar-refractivity contribution in [2.45, 2.75) is 18.7 Å².